The van der Waals surface area contributed by atoms with Gasteiger partial charge < -0.3 is 19.8 Å². The number of carbonyl (C=O) groups is 1. The number of para-hydroxylation sites is 1. The quantitative estimate of drug-likeness (QED) is 0.277. The van der Waals surface area contributed by atoms with Gasteiger partial charge in [0.15, 0.2) is 13.1 Å². The molecule has 4 aromatic carbocycles. The molecule has 1 aromatic heterocycles. The molecule has 0 radical (unpaired) electrons. The number of aromatic nitrogens is 2. The van der Waals surface area contributed by atoms with E-state index in [2.05, 4.69) is 50.3 Å². The fourth-order valence-electron chi connectivity index (χ4n) is 5.51. The van der Waals surface area contributed by atoms with Gasteiger partial charge in [0.25, 0.3) is 17.0 Å². The molecule has 5 aromatic rings. The number of nitrogens with zero attached hydrogens (tertiary/aromatic N) is 3. The second kappa shape index (κ2) is 13.9. The van der Waals surface area contributed by atoms with Crippen molar-refractivity contribution in [2.75, 3.05) is 36.4 Å². The zero-order chi connectivity index (χ0) is 31.9. The molecule has 230 valence electrons. The molecule has 1 amide bonds. The van der Waals surface area contributed by atoms with Crippen molar-refractivity contribution in [2.24, 2.45) is 7.05 Å². The Balaban J connectivity index is 1.06. The molecule has 8 heteroatoms. The summed E-state index contributed by atoms with van der Waals surface area (Å²) in [7, 11) is 1.58. The number of carbonyl (C=O) groups excluding carboxylic acids is 1. The van der Waals surface area contributed by atoms with E-state index in [1.807, 2.05) is 60.7 Å². The Bertz CT molecular complexity index is 2090. The summed E-state index contributed by atoms with van der Waals surface area (Å²) in [5, 5.41) is 3.39. The van der Waals surface area contributed by atoms with E-state index in [-0.39, 0.29) is 27.7 Å². The molecule has 1 saturated heterocycles. The molecular formula is C38H36N5O3+. The Morgan fingerprint density at radius 1 is 0.804 bits per heavy atom. The monoisotopic (exact) mass is 610 g/mol. The third-order valence-electron chi connectivity index (χ3n) is 8.20. The Labute approximate surface area is 266 Å². The van der Waals surface area contributed by atoms with Gasteiger partial charge in [-0.1, -0.05) is 72.8 Å². The first-order chi connectivity index (χ1) is 22.4. The van der Waals surface area contributed by atoms with Crippen molar-refractivity contribution in [3.63, 3.8) is 0 Å². The third-order valence-corrected chi connectivity index (χ3v) is 8.20. The molecule has 1 fully saturated rings. The summed E-state index contributed by atoms with van der Waals surface area (Å²) < 4.78 is 3.72. The van der Waals surface area contributed by atoms with Crippen molar-refractivity contribution in [1.29, 1.82) is 0 Å². The molecular weight excluding hydrogens is 574 g/mol. The zero-order valence-electron chi connectivity index (χ0n) is 25.7. The number of hydrogen-bond acceptors (Lipinski definition) is 4. The van der Waals surface area contributed by atoms with Crippen LogP contribution in [0.15, 0.2) is 119 Å². The number of anilines is 2. The van der Waals surface area contributed by atoms with Crippen LogP contribution in [-0.2, 0) is 13.5 Å². The van der Waals surface area contributed by atoms with Gasteiger partial charge in [0.05, 0.1) is 13.1 Å². The highest BCUT2D eigenvalue weighted by Gasteiger charge is 2.18. The van der Waals surface area contributed by atoms with Crippen LogP contribution in [-0.4, -0.2) is 52.4 Å². The lowest BCUT2D eigenvalue weighted by atomic mass is 10.1. The molecule has 1 aliphatic rings. The first-order valence-corrected chi connectivity index (χ1v) is 15.4. The van der Waals surface area contributed by atoms with Gasteiger partial charge in [0, 0.05) is 30.4 Å². The highest BCUT2D eigenvalue weighted by Crippen LogP contribution is 2.15. The van der Waals surface area contributed by atoms with Gasteiger partial charge in [-0.3, -0.25) is 14.4 Å². The van der Waals surface area contributed by atoms with E-state index in [1.165, 1.54) is 15.8 Å². The van der Waals surface area contributed by atoms with E-state index >= 15 is 0 Å². The molecule has 1 aliphatic heterocycles. The van der Waals surface area contributed by atoms with Crippen molar-refractivity contribution in [2.45, 2.75) is 6.42 Å². The molecule has 0 unspecified atom stereocenters. The second-order valence-corrected chi connectivity index (χ2v) is 11.3. The molecule has 46 heavy (non-hydrogen) atoms. The van der Waals surface area contributed by atoms with E-state index in [9.17, 15) is 14.4 Å². The minimum atomic E-state index is -0.362. The Morgan fingerprint density at radius 3 is 2.11 bits per heavy atom. The van der Waals surface area contributed by atoms with E-state index in [0.29, 0.717) is 16.8 Å². The smallest absolute Gasteiger partial charge is 0.274 e. The Morgan fingerprint density at radius 2 is 1.43 bits per heavy atom. The average molecular weight is 611 g/mol. The fraction of sp³-hybridized carbons (Fsp3) is 0.158. The lowest BCUT2D eigenvalue weighted by Gasteiger charge is -2.27. The maximum Gasteiger partial charge on any atom is 0.274 e. The van der Waals surface area contributed by atoms with Crippen LogP contribution in [0.3, 0.4) is 0 Å². The Hall–Kier alpha value is -5.76. The highest BCUT2D eigenvalue weighted by molar-refractivity contribution is 6.04. The van der Waals surface area contributed by atoms with Gasteiger partial charge in [0.1, 0.15) is 16.9 Å². The summed E-state index contributed by atoms with van der Waals surface area (Å²) in [6.45, 7) is 4.00. The van der Waals surface area contributed by atoms with E-state index in [1.54, 1.807) is 43.5 Å². The lowest BCUT2D eigenvalue weighted by molar-refractivity contribution is -0.525. The third kappa shape index (κ3) is 7.30. The van der Waals surface area contributed by atoms with Gasteiger partial charge >= 0.3 is 0 Å². The molecule has 6 rings (SSSR count). The normalized spacial score (nSPS) is 13.9. The number of rotatable bonds is 7. The van der Waals surface area contributed by atoms with Crippen LogP contribution < -0.4 is 32.0 Å². The summed E-state index contributed by atoms with van der Waals surface area (Å²) in [6, 6.07) is 34.7. The van der Waals surface area contributed by atoms with E-state index in [0.717, 1.165) is 38.2 Å². The van der Waals surface area contributed by atoms with E-state index < -0.39 is 0 Å². The topological polar surface area (TPSA) is 90.2 Å². The van der Waals surface area contributed by atoms with Gasteiger partial charge in [-0.15, -0.1) is 0 Å². The number of H-pyrrole nitrogens is 1. The summed E-state index contributed by atoms with van der Waals surface area (Å²) in [6.07, 6.45) is 6.38. The maximum absolute atomic E-state index is 13.0. The van der Waals surface area contributed by atoms with Gasteiger partial charge in [-0.2, -0.15) is 0 Å². The van der Waals surface area contributed by atoms with E-state index in [4.69, 9.17) is 0 Å². The summed E-state index contributed by atoms with van der Waals surface area (Å²) >= 11 is 0. The molecule has 2 N–H and O–H groups in total. The minimum absolute atomic E-state index is 0.168. The maximum atomic E-state index is 13.0. The number of piperazine rings is 1. The number of nitrogens with one attached hydrogen (secondary N) is 2. The highest BCUT2D eigenvalue weighted by atomic mass is 16.2. The fourth-order valence-corrected chi connectivity index (χ4v) is 5.51. The lowest BCUT2D eigenvalue weighted by Crippen LogP contribution is -2.52. The molecule has 8 nitrogen and oxygen atoms in total. The first kappa shape index (κ1) is 30.3. The number of benzene rings is 4. The predicted molar refractivity (Wildman–Crippen MR) is 184 cm³/mol. The SMILES string of the molecule is Cn1c(=O)/c(=C/c2ccc(C(=O)Nc3ccc(CC=[N+]4CCN(c5ccccc5)CC4)cc3)cc2)[nH]c(=O)/c1=C/c1ccccc1. The molecule has 0 atom stereocenters. The standard InChI is InChI=1S/C38H35N5O3/c1-41-35(27-29-8-4-2-5-9-29)37(45)40-34(38(41)46)26-30-12-16-31(17-13-30)36(44)39-32-18-14-28(15-19-32)20-21-42-22-24-43(25-23-42)33-10-6-3-7-11-33/h2-19,21,26-27H,20,22-25H2,1H3,(H-,39,40,44,45)/p+1/b35-27-. The van der Waals surface area contributed by atoms with Gasteiger partial charge in [0.2, 0.25) is 0 Å². The van der Waals surface area contributed by atoms with Crippen LogP contribution in [0.4, 0.5) is 11.4 Å². The first-order valence-electron chi connectivity index (χ1n) is 15.4. The number of amides is 1. The summed E-state index contributed by atoms with van der Waals surface area (Å²) in [4.78, 5) is 43.8. The van der Waals surface area contributed by atoms with Crippen LogP contribution in [0.25, 0.3) is 12.2 Å². The van der Waals surface area contributed by atoms with Crippen LogP contribution in [0.5, 0.6) is 0 Å². The van der Waals surface area contributed by atoms with Crippen molar-refractivity contribution >= 4 is 35.6 Å². The zero-order valence-corrected chi connectivity index (χ0v) is 25.7. The van der Waals surface area contributed by atoms with Crippen molar-refractivity contribution in [3.8, 4) is 0 Å². The molecule has 2 heterocycles. The van der Waals surface area contributed by atoms with Crippen molar-refractivity contribution < 1.29 is 9.37 Å². The largest absolute Gasteiger partial charge is 0.359 e. The number of aromatic amines is 1. The Kier molecular flexibility index (Phi) is 9.15. The van der Waals surface area contributed by atoms with Crippen LogP contribution in [0.1, 0.15) is 27.0 Å². The average Bonchev–Trinajstić information content (AvgIpc) is 3.10. The van der Waals surface area contributed by atoms with Crippen LogP contribution in [0, 0.1) is 0 Å². The molecule has 0 spiro atoms. The second-order valence-electron chi connectivity index (χ2n) is 11.3. The van der Waals surface area contributed by atoms with Crippen molar-refractivity contribution in [1.82, 2.24) is 9.55 Å². The molecule has 0 aliphatic carbocycles. The summed E-state index contributed by atoms with van der Waals surface area (Å²) in [5.74, 6) is -0.229. The summed E-state index contributed by atoms with van der Waals surface area (Å²) in [5.41, 5.74) is 4.48. The minimum Gasteiger partial charge on any atom is -0.359 e. The van der Waals surface area contributed by atoms with Gasteiger partial charge in [-0.25, -0.2) is 4.58 Å². The van der Waals surface area contributed by atoms with Gasteiger partial charge in [-0.05, 0) is 65.2 Å². The van der Waals surface area contributed by atoms with Crippen LogP contribution >= 0.6 is 0 Å². The molecule has 0 saturated carbocycles. The van der Waals surface area contributed by atoms with Crippen molar-refractivity contribution in [3.05, 3.63) is 163 Å². The number of hydrogen-bond donors (Lipinski definition) is 2. The van der Waals surface area contributed by atoms with Crippen LogP contribution in [0.2, 0.25) is 0 Å². The molecule has 0 bridgehead atoms. The predicted octanol–water partition coefficient (Wildman–Crippen LogP) is 3.13.